The van der Waals surface area contributed by atoms with Gasteiger partial charge in [0.15, 0.2) is 0 Å². The molecule has 2 N–H and O–H groups in total. The molecule has 0 aromatic carbocycles. The molecule has 0 radical (unpaired) electrons. The van der Waals surface area contributed by atoms with Crippen molar-refractivity contribution < 1.29 is 9.53 Å². The normalized spacial score (nSPS) is 25.5. The van der Waals surface area contributed by atoms with Crippen LogP contribution in [-0.2, 0) is 9.53 Å². The Bertz CT molecular complexity index is 274. The number of likely N-dealkylation sites (N-methyl/N-ethyl adjacent to an activating group) is 1. The number of nitrogens with one attached hydrogen (secondary N) is 2. The summed E-state index contributed by atoms with van der Waals surface area (Å²) < 4.78 is 5.29. The highest BCUT2D eigenvalue weighted by molar-refractivity contribution is 5.78. The Morgan fingerprint density at radius 2 is 2.16 bits per heavy atom. The predicted molar refractivity (Wildman–Crippen MR) is 75.1 cm³/mol. The molecule has 2 heterocycles. The summed E-state index contributed by atoms with van der Waals surface area (Å²) in [6, 6.07) is 0.311. The number of amides is 1. The molecule has 5 heteroatoms. The Morgan fingerprint density at radius 1 is 1.37 bits per heavy atom. The summed E-state index contributed by atoms with van der Waals surface area (Å²) in [5, 5.41) is 6.53. The number of ether oxygens (including phenoxy) is 1. The lowest BCUT2D eigenvalue weighted by molar-refractivity contribution is -0.123. The average molecular weight is 269 g/mol. The number of carbonyl (C=O) groups is 1. The van der Waals surface area contributed by atoms with E-state index in [2.05, 4.69) is 15.5 Å². The maximum absolute atomic E-state index is 12.0. The third-order valence-corrected chi connectivity index (χ3v) is 3.97. The summed E-state index contributed by atoms with van der Waals surface area (Å²) >= 11 is 0. The summed E-state index contributed by atoms with van der Waals surface area (Å²) in [4.78, 5) is 14.1. The van der Waals surface area contributed by atoms with E-state index >= 15 is 0 Å². The van der Waals surface area contributed by atoms with Crippen molar-refractivity contribution in [3.63, 3.8) is 0 Å². The molecule has 5 nitrogen and oxygen atoms in total. The van der Waals surface area contributed by atoms with Crippen molar-refractivity contribution in [2.75, 3.05) is 46.4 Å². The Balaban J connectivity index is 1.63. The highest BCUT2D eigenvalue weighted by atomic mass is 16.5. The minimum Gasteiger partial charge on any atom is -0.381 e. The van der Waals surface area contributed by atoms with Crippen LogP contribution in [0.2, 0.25) is 0 Å². The van der Waals surface area contributed by atoms with Gasteiger partial charge in [0, 0.05) is 25.8 Å². The summed E-state index contributed by atoms with van der Waals surface area (Å²) in [5.74, 6) is 0.841. The fraction of sp³-hybridized carbons (Fsp3) is 0.929. The largest absolute Gasteiger partial charge is 0.381 e. The molecule has 19 heavy (non-hydrogen) atoms. The molecule has 1 amide bonds. The molecule has 110 valence electrons. The fourth-order valence-electron chi connectivity index (χ4n) is 2.95. The average Bonchev–Trinajstić information content (AvgIpc) is 2.40. The van der Waals surface area contributed by atoms with Crippen LogP contribution in [0.15, 0.2) is 0 Å². The van der Waals surface area contributed by atoms with Crippen molar-refractivity contribution >= 4 is 5.91 Å². The molecule has 0 aliphatic carbocycles. The third kappa shape index (κ3) is 5.47. The van der Waals surface area contributed by atoms with E-state index in [-0.39, 0.29) is 5.91 Å². The smallest absolute Gasteiger partial charge is 0.234 e. The summed E-state index contributed by atoms with van der Waals surface area (Å²) in [6.45, 7) is 5.29. The first-order valence-electron chi connectivity index (χ1n) is 7.50. The quantitative estimate of drug-likeness (QED) is 0.749. The van der Waals surface area contributed by atoms with Crippen LogP contribution >= 0.6 is 0 Å². The number of hydrogen-bond acceptors (Lipinski definition) is 4. The van der Waals surface area contributed by atoms with Crippen LogP contribution in [-0.4, -0.2) is 63.3 Å². The molecule has 2 fully saturated rings. The zero-order valence-corrected chi connectivity index (χ0v) is 12.0. The van der Waals surface area contributed by atoms with Crippen LogP contribution in [0.5, 0.6) is 0 Å². The van der Waals surface area contributed by atoms with E-state index in [1.54, 1.807) is 0 Å². The van der Waals surface area contributed by atoms with Gasteiger partial charge >= 0.3 is 0 Å². The second-order valence-corrected chi connectivity index (χ2v) is 5.86. The number of carbonyl (C=O) groups excluding carboxylic acids is 1. The molecule has 1 atom stereocenters. The van der Waals surface area contributed by atoms with Gasteiger partial charge in [0.2, 0.25) is 5.91 Å². The Labute approximate surface area is 116 Å². The van der Waals surface area contributed by atoms with Crippen LogP contribution in [0.3, 0.4) is 0 Å². The van der Waals surface area contributed by atoms with Gasteiger partial charge in [-0.2, -0.15) is 0 Å². The van der Waals surface area contributed by atoms with E-state index in [0.29, 0.717) is 18.5 Å². The van der Waals surface area contributed by atoms with Crippen LogP contribution in [0, 0.1) is 5.92 Å². The van der Waals surface area contributed by atoms with E-state index in [1.165, 1.54) is 12.8 Å². The van der Waals surface area contributed by atoms with Crippen molar-refractivity contribution in [3.05, 3.63) is 0 Å². The first kappa shape index (κ1) is 14.8. The van der Waals surface area contributed by atoms with Gasteiger partial charge in [-0.15, -0.1) is 0 Å². The van der Waals surface area contributed by atoms with Crippen molar-refractivity contribution in [1.29, 1.82) is 0 Å². The van der Waals surface area contributed by atoms with E-state index < -0.39 is 0 Å². The molecule has 2 saturated heterocycles. The first-order chi connectivity index (χ1) is 9.24. The van der Waals surface area contributed by atoms with Crippen LogP contribution in [0.1, 0.15) is 25.7 Å². The van der Waals surface area contributed by atoms with Gasteiger partial charge in [0.25, 0.3) is 0 Å². The van der Waals surface area contributed by atoms with Gasteiger partial charge in [-0.05, 0) is 51.7 Å². The lowest BCUT2D eigenvalue weighted by Crippen LogP contribution is -2.45. The van der Waals surface area contributed by atoms with Crippen molar-refractivity contribution in [3.8, 4) is 0 Å². The van der Waals surface area contributed by atoms with Gasteiger partial charge in [0.1, 0.15) is 0 Å². The maximum Gasteiger partial charge on any atom is 0.234 e. The molecule has 0 aromatic rings. The molecule has 1 unspecified atom stereocenters. The number of rotatable bonds is 5. The summed E-state index contributed by atoms with van der Waals surface area (Å²) in [7, 11) is 2.04. The third-order valence-electron chi connectivity index (χ3n) is 3.97. The van der Waals surface area contributed by atoms with Gasteiger partial charge in [-0.3, -0.25) is 9.69 Å². The highest BCUT2D eigenvalue weighted by Crippen LogP contribution is 2.11. The maximum atomic E-state index is 12.0. The number of piperidine rings is 1. The molecule has 2 aliphatic rings. The predicted octanol–water partition coefficient (Wildman–Crippen LogP) is 0.213. The Kier molecular flexibility index (Phi) is 6.07. The van der Waals surface area contributed by atoms with Crippen molar-refractivity contribution in [2.24, 2.45) is 5.92 Å². The van der Waals surface area contributed by atoms with E-state index in [0.717, 1.165) is 45.7 Å². The summed E-state index contributed by atoms with van der Waals surface area (Å²) in [5.41, 5.74) is 0. The Morgan fingerprint density at radius 3 is 2.84 bits per heavy atom. The zero-order valence-electron chi connectivity index (χ0n) is 12.0. The van der Waals surface area contributed by atoms with Crippen LogP contribution in [0.25, 0.3) is 0 Å². The van der Waals surface area contributed by atoms with Gasteiger partial charge in [-0.1, -0.05) is 0 Å². The van der Waals surface area contributed by atoms with Gasteiger partial charge in [-0.25, -0.2) is 0 Å². The second kappa shape index (κ2) is 7.82. The van der Waals surface area contributed by atoms with Crippen molar-refractivity contribution in [1.82, 2.24) is 15.5 Å². The summed E-state index contributed by atoms with van der Waals surface area (Å²) in [6.07, 6.45) is 4.43. The molecule has 2 aliphatic heterocycles. The van der Waals surface area contributed by atoms with E-state index in [9.17, 15) is 4.79 Å². The monoisotopic (exact) mass is 269 g/mol. The lowest BCUT2D eigenvalue weighted by Gasteiger charge is -2.28. The highest BCUT2D eigenvalue weighted by Gasteiger charge is 2.19. The SMILES string of the molecule is CN(CC(=O)NC1CCOCC1)CC1CCCNC1. The lowest BCUT2D eigenvalue weighted by atomic mass is 9.99. The molecule has 0 aromatic heterocycles. The molecule has 0 bridgehead atoms. The zero-order chi connectivity index (χ0) is 13.5. The second-order valence-electron chi connectivity index (χ2n) is 5.86. The molecule has 0 spiro atoms. The Hall–Kier alpha value is -0.650. The molecular formula is C14H27N3O2. The van der Waals surface area contributed by atoms with E-state index in [1.807, 2.05) is 7.05 Å². The standard InChI is InChI=1S/C14H27N3O2/c1-17(10-12-3-2-6-15-9-12)11-14(18)16-13-4-7-19-8-5-13/h12-13,15H,2-11H2,1H3,(H,16,18). The minimum absolute atomic E-state index is 0.151. The fourth-order valence-corrected chi connectivity index (χ4v) is 2.95. The first-order valence-corrected chi connectivity index (χ1v) is 7.50. The number of hydrogen-bond donors (Lipinski definition) is 2. The van der Waals surface area contributed by atoms with Gasteiger partial charge in [0.05, 0.1) is 6.54 Å². The van der Waals surface area contributed by atoms with Crippen LogP contribution in [0.4, 0.5) is 0 Å². The van der Waals surface area contributed by atoms with Gasteiger partial charge < -0.3 is 15.4 Å². The minimum atomic E-state index is 0.151. The number of nitrogens with zero attached hydrogens (tertiary/aromatic N) is 1. The van der Waals surface area contributed by atoms with E-state index in [4.69, 9.17) is 4.74 Å². The molecule has 2 rings (SSSR count). The topological polar surface area (TPSA) is 53.6 Å². The van der Waals surface area contributed by atoms with Crippen molar-refractivity contribution in [2.45, 2.75) is 31.7 Å². The molecule has 0 saturated carbocycles. The molecular weight excluding hydrogens is 242 g/mol. The van der Waals surface area contributed by atoms with Crippen LogP contribution < -0.4 is 10.6 Å².